The first-order chi connectivity index (χ1) is 13.2. The van der Waals surface area contributed by atoms with E-state index in [4.69, 9.17) is 10.1 Å². The monoisotopic (exact) mass is 353 g/mol. The van der Waals surface area contributed by atoms with Crippen molar-refractivity contribution in [2.24, 2.45) is 0 Å². The van der Waals surface area contributed by atoms with Crippen molar-refractivity contribution in [3.05, 3.63) is 77.6 Å². The maximum absolute atomic E-state index is 12.8. The van der Waals surface area contributed by atoms with E-state index in [0.717, 1.165) is 57.6 Å². The first-order valence-electron chi connectivity index (χ1n) is 9.30. The molecule has 0 spiro atoms. The zero-order valence-corrected chi connectivity index (χ0v) is 15.1. The number of carbonyl (C=O) groups is 1. The molecule has 1 aliphatic carbocycles. The number of ketones is 1. The standard InChI is InChI=1S/C23H19N3O/c1-15-20-21(16-9-4-2-5-10-16)22-18(13-8-14-19(22)27)24-23(20)26(25-15)17-11-6-3-7-12-17/h2-7,9-12H,8,13-14H2,1H3. The molecule has 4 nitrogen and oxygen atoms in total. The Kier molecular flexibility index (Phi) is 3.64. The highest BCUT2D eigenvalue weighted by molar-refractivity contribution is 6.11. The lowest BCUT2D eigenvalue weighted by atomic mass is 9.86. The molecule has 0 saturated heterocycles. The number of hydrogen-bond acceptors (Lipinski definition) is 3. The summed E-state index contributed by atoms with van der Waals surface area (Å²) in [7, 11) is 0. The molecule has 0 aliphatic heterocycles. The Labute approximate surface area is 157 Å². The van der Waals surface area contributed by atoms with E-state index in [2.05, 4.69) is 12.1 Å². The van der Waals surface area contributed by atoms with Crippen LogP contribution in [0, 0.1) is 6.92 Å². The van der Waals surface area contributed by atoms with Gasteiger partial charge in [-0.3, -0.25) is 4.79 Å². The predicted molar refractivity (Wildman–Crippen MR) is 106 cm³/mol. The minimum absolute atomic E-state index is 0.191. The van der Waals surface area contributed by atoms with Crippen LogP contribution in [0.3, 0.4) is 0 Å². The Morgan fingerprint density at radius 2 is 1.59 bits per heavy atom. The Balaban J connectivity index is 1.92. The minimum atomic E-state index is 0.191. The van der Waals surface area contributed by atoms with Crippen LogP contribution in [-0.4, -0.2) is 20.5 Å². The van der Waals surface area contributed by atoms with Crippen molar-refractivity contribution >= 4 is 16.8 Å². The van der Waals surface area contributed by atoms with E-state index in [1.807, 2.05) is 60.1 Å². The van der Waals surface area contributed by atoms with Crippen LogP contribution in [0.15, 0.2) is 60.7 Å². The summed E-state index contributed by atoms with van der Waals surface area (Å²) in [6.07, 6.45) is 2.28. The van der Waals surface area contributed by atoms with E-state index < -0.39 is 0 Å². The van der Waals surface area contributed by atoms with Gasteiger partial charge in [0.25, 0.3) is 0 Å². The normalized spacial score (nSPS) is 13.7. The summed E-state index contributed by atoms with van der Waals surface area (Å²) in [5.74, 6) is 0.191. The number of rotatable bonds is 2. The van der Waals surface area contributed by atoms with Crippen molar-refractivity contribution in [3.8, 4) is 16.8 Å². The number of fused-ring (bicyclic) bond motifs is 2. The molecule has 0 fully saturated rings. The van der Waals surface area contributed by atoms with Gasteiger partial charge in [0, 0.05) is 17.5 Å². The van der Waals surface area contributed by atoms with E-state index in [0.29, 0.717) is 6.42 Å². The topological polar surface area (TPSA) is 47.8 Å². The molecule has 1 aliphatic rings. The van der Waals surface area contributed by atoms with Gasteiger partial charge in [-0.05, 0) is 37.5 Å². The van der Waals surface area contributed by atoms with Crippen LogP contribution in [0.2, 0.25) is 0 Å². The van der Waals surface area contributed by atoms with Crippen molar-refractivity contribution in [2.75, 3.05) is 0 Å². The quantitative estimate of drug-likeness (QED) is 0.514. The first kappa shape index (κ1) is 15.9. The Morgan fingerprint density at radius 3 is 2.33 bits per heavy atom. The summed E-state index contributed by atoms with van der Waals surface area (Å²) >= 11 is 0. The average Bonchev–Trinajstić information content (AvgIpc) is 3.04. The lowest BCUT2D eigenvalue weighted by molar-refractivity contribution is 0.0972. The number of carbonyl (C=O) groups excluding carboxylic acids is 1. The first-order valence-corrected chi connectivity index (χ1v) is 9.30. The summed E-state index contributed by atoms with van der Waals surface area (Å²) in [6, 6.07) is 20.2. The number of para-hydroxylation sites is 1. The van der Waals surface area contributed by atoms with Crippen LogP contribution in [0.5, 0.6) is 0 Å². The summed E-state index contributed by atoms with van der Waals surface area (Å²) in [5, 5.41) is 5.76. The second-order valence-electron chi connectivity index (χ2n) is 6.98. The van der Waals surface area contributed by atoms with Crippen molar-refractivity contribution in [1.29, 1.82) is 0 Å². The third-order valence-electron chi connectivity index (χ3n) is 5.22. The zero-order valence-electron chi connectivity index (χ0n) is 15.1. The third-order valence-corrected chi connectivity index (χ3v) is 5.22. The Hall–Kier alpha value is -3.27. The molecule has 2 heterocycles. The third kappa shape index (κ3) is 2.48. The molecule has 0 radical (unpaired) electrons. The highest BCUT2D eigenvalue weighted by Gasteiger charge is 2.28. The molecule has 4 heteroatoms. The van der Waals surface area contributed by atoms with Gasteiger partial charge < -0.3 is 0 Å². The molecule has 0 N–H and O–H groups in total. The van der Waals surface area contributed by atoms with Crippen LogP contribution in [-0.2, 0) is 6.42 Å². The van der Waals surface area contributed by atoms with Gasteiger partial charge in [-0.2, -0.15) is 5.10 Å². The fourth-order valence-corrected chi connectivity index (χ4v) is 4.03. The van der Waals surface area contributed by atoms with Gasteiger partial charge in [-0.1, -0.05) is 48.5 Å². The maximum atomic E-state index is 12.8. The lowest BCUT2D eigenvalue weighted by Crippen LogP contribution is -2.15. The number of aryl methyl sites for hydroxylation is 2. The van der Waals surface area contributed by atoms with Gasteiger partial charge in [0.1, 0.15) is 0 Å². The number of pyridine rings is 1. The number of aromatic nitrogens is 3. The molecule has 0 saturated carbocycles. The van der Waals surface area contributed by atoms with E-state index in [1.165, 1.54) is 0 Å². The molecular weight excluding hydrogens is 334 g/mol. The smallest absolute Gasteiger partial charge is 0.165 e. The molecular formula is C23H19N3O. The van der Waals surface area contributed by atoms with E-state index in [-0.39, 0.29) is 5.78 Å². The molecule has 0 amide bonds. The molecule has 132 valence electrons. The second-order valence-corrected chi connectivity index (χ2v) is 6.98. The van der Waals surface area contributed by atoms with Crippen LogP contribution < -0.4 is 0 Å². The fraction of sp³-hybridized carbons (Fsp3) is 0.174. The largest absolute Gasteiger partial charge is 0.294 e. The molecule has 2 aromatic heterocycles. The van der Waals surface area contributed by atoms with Gasteiger partial charge in [0.2, 0.25) is 0 Å². The lowest BCUT2D eigenvalue weighted by Gasteiger charge is -2.19. The molecule has 0 bridgehead atoms. The Bertz CT molecular complexity index is 1160. The van der Waals surface area contributed by atoms with Gasteiger partial charge in [-0.25, -0.2) is 9.67 Å². The van der Waals surface area contributed by atoms with E-state index in [1.54, 1.807) is 0 Å². The molecule has 4 aromatic rings. The molecule has 5 rings (SSSR count). The van der Waals surface area contributed by atoms with Crippen molar-refractivity contribution in [1.82, 2.24) is 14.8 Å². The van der Waals surface area contributed by atoms with E-state index >= 15 is 0 Å². The maximum Gasteiger partial charge on any atom is 0.165 e. The van der Waals surface area contributed by atoms with Crippen LogP contribution in [0.1, 0.15) is 34.6 Å². The van der Waals surface area contributed by atoms with Crippen molar-refractivity contribution in [3.63, 3.8) is 0 Å². The van der Waals surface area contributed by atoms with Crippen LogP contribution >= 0.6 is 0 Å². The van der Waals surface area contributed by atoms with Gasteiger partial charge in [0.05, 0.1) is 22.5 Å². The highest BCUT2D eigenvalue weighted by Crippen LogP contribution is 2.38. The summed E-state index contributed by atoms with van der Waals surface area (Å²) < 4.78 is 1.90. The Morgan fingerprint density at radius 1 is 0.889 bits per heavy atom. The van der Waals surface area contributed by atoms with Crippen molar-refractivity contribution < 1.29 is 4.79 Å². The molecule has 0 atom stereocenters. The average molecular weight is 353 g/mol. The number of Topliss-reactive ketones (excluding diaryl/α,β-unsaturated/α-hetero) is 1. The summed E-state index contributed by atoms with van der Waals surface area (Å²) in [6.45, 7) is 2.00. The van der Waals surface area contributed by atoms with Gasteiger partial charge >= 0.3 is 0 Å². The zero-order chi connectivity index (χ0) is 18.4. The fourth-order valence-electron chi connectivity index (χ4n) is 4.03. The summed E-state index contributed by atoms with van der Waals surface area (Å²) in [4.78, 5) is 17.8. The van der Waals surface area contributed by atoms with Gasteiger partial charge in [0.15, 0.2) is 11.4 Å². The number of hydrogen-bond donors (Lipinski definition) is 0. The van der Waals surface area contributed by atoms with Crippen LogP contribution in [0.25, 0.3) is 27.8 Å². The molecule has 2 aromatic carbocycles. The second kappa shape index (κ2) is 6.16. The molecule has 27 heavy (non-hydrogen) atoms. The van der Waals surface area contributed by atoms with Crippen molar-refractivity contribution in [2.45, 2.75) is 26.2 Å². The number of nitrogens with zero attached hydrogens (tertiary/aromatic N) is 3. The SMILES string of the molecule is Cc1nn(-c2ccccc2)c2nc3c(c(-c4ccccc4)c12)C(=O)CCC3. The van der Waals surface area contributed by atoms with Gasteiger partial charge in [-0.15, -0.1) is 0 Å². The highest BCUT2D eigenvalue weighted by atomic mass is 16.1. The van der Waals surface area contributed by atoms with Crippen LogP contribution in [0.4, 0.5) is 0 Å². The van der Waals surface area contributed by atoms with E-state index in [9.17, 15) is 4.79 Å². The summed E-state index contributed by atoms with van der Waals surface area (Å²) in [5.41, 5.74) is 6.41. The number of benzene rings is 2. The minimum Gasteiger partial charge on any atom is -0.294 e. The predicted octanol–water partition coefficient (Wildman–Crippen LogP) is 4.91. The molecule has 0 unspecified atom stereocenters.